The van der Waals surface area contributed by atoms with E-state index in [0.29, 0.717) is 17.1 Å². The maximum Gasteiger partial charge on any atom is 0.249 e. The number of benzene rings is 3. The van der Waals surface area contributed by atoms with Crippen LogP contribution in [0.25, 0.3) is 11.0 Å². The standard InChI is InChI=1S/C23H19N3O3/c1-26-19-10-6-3-7-15(19)23(22(26)28,16-12-11-14(29-2)13-20(16)27)21-24-17-8-4-5-9-18(17)25-21/h3-13,27H,1-2H3,(H,24,25). The molecule has 1 aromatic heterocycles. The number of aromatic nitrogens is 2. The van der Waals surface area contributed by atoms with Gasteiger partial charge in [-0.2, -0.15) is 0 Å². The van der Waals surface area contributed by atoms with Gasteiger partial charge >= 0.3 is 0 Å². The van der Waals surface area contributed by atoms with Gasteiger partial charge in [0.25, 0.3) is 0 Å². The summed E-state index contributed by atoms with van der Waals surface area (Å²) in [5.74, 6) is 0.778. The molecule has 144 valence electrons. The molecule has 0 aliphatic carbocycles. The Labute approximate surface area is 167 Å². The van der Waals surface area contributed by atoms with Gasteiger partial charge in [-0.25, -0.2) is 4.98 Å². The number of fused-ring (bicyclic) bond motifs is 2. The summed E-state index contributed by atoms with van der Waals surface area (Å²) < 4.78 is 5.24. The molecule has 6 nitrogen and oxygen atoms in total. The molecule has 2 N–H and O–H groups in total. The summed E-state index contributed by atoms with van der Waals surface area (Å²) >= 11 is 0. The fourth-order valence-electron chi connectivity index (χ4n) is 4.26. The smallest absolute Gasteiger partial charge is 0.249 e. The van der Waals surface area contributed by atoms with Crippen LogP contribution in [0.15, 0.2) is 66.7 Å². The van der Waals surface area contributed by atoms with Crippen LogP contribution in [0.2, 0.25) is 0 Å². The van der Waals surface area contributed by atoms with Gasteiger partial charge in [-0.15, -0.1) is 0 Å². The number of phenols is 1. The molecule has 0 radical (unpaired) electrons. The van der Waals surface area contributed by atoms with Crippen molar-refractivity contribution in [1.82, 2.24) is 9.97 Å². The van der Waals surface area contributed by atoms with Crippen molar-refractivity contribution < 1.29 is 14.6 Å². The molecule has 0 fully saturated rings. The van der Waals surface area contributed by atoms with Gasteiger partial charge in [-0.05, 0) is 30.3 Å². The number of aromatic amines is 1. The normalized spacial score (nSPS) is 18.3. The third-order valence-electron chi connectivity index (χ3n) is 5.65. The Bertz CT molecular complexity index is 1230. The largest absolute Gasteiger partial charge is 0.507 e. The van der Waals surface area contributed by atoms with Crippen molar-refractivity contribution in [2.45, 2.75) is 5.41 Å². The number of carbonyl (C=O) groups is 1. The summed E-state index contributed by atoms with van der Waals surface area (Å²) in [6.07, 6.45) is 0. The van der Waals surface area contributed by atoms with Crippen molar-refractivity contribution in [3.05, 3.63) is 83.7 Å². The Morgan fingerprint density at radius 2 is 1.79 bits per heavy atom. The molecule has 2 heterocycles. The highest BCUT2D eigenvalue weighted by Crippen LogP contribution is 2.51. The van der Waals surface area contributed by atoms with Crippen LogP contribution in [-0.2, 0) is 10.2 Å². The van der Waals surface area contributed by atoms with Crippen LogP contribution in [0.1, 0.15) is 17.0 Å². The summed E-state index contributed by atoms with van der Waals surface area (Å²) in [5.41, 5.74) is 2.31. The lowest BCUT2D eigenvalue weighted by molar-refractivity contribution is -0.120. The molecule has 1 atom stereocenters. The summed E-state index contributed by atoms with van der Waals surface area (Å²) in [6.45, 7) is 0. The predicted octanol–water partition coefficient (Wildman–Crippen LogP) is 3.59. The number of nitrogens with one attached hydrogen (secondary N) is 1. The molecule has 3 aromatic carbocycles. The number of nitrogens with zero attached hydrogens (tertiary/aromatic N) is 2. The Balaban J connectivity index is 1.90. The van der Waals surface area contributed by atoms with Gasteiger partial charge in [0.05, 0.1) is 18.1 Å². The zero-order chi connectivity index (χ0) is 20.2. The van der Waals surface area contributed by atoms with Crippen LogP contribution < -0.4 is 9.64 Å². The number of imidazole rings is 1. The Hall–Kier alpha value is -3.80. The molecule has 0 saturated heterocycles. The van der Waals surface area contributed by atoms with Gasteiger partial charge in [0.15, 0.2) is 5.41 Å². The maximum atomic E-state index is 13.8. The molecule has 1 unspecified atom stereocenters. The van der Waals surface area contributed by atoms with Gasteiger partial charge in [0, 0.05) is 29.9 Å². The fraction of sp³-hybridized carbons (Fsp3) is 0.130. The first-order valence-corrected chi connectivity index (χ1v) is 9.27. The lowest BCUT2D eigenvalue weighted by Crippen LogP contribution is -2.41. The molecular weight excluding hydrogens is 366 g/mol. The van der Waals surface area contributed by atoms with E-state index in [1.807, 2.05) is 48.5 Å². The highest BCUT2D eigenvalue weighted by Gasteiger charge is 2.55. The number of methoxy groups -OCH3 is 1. The lowest BCUT2D eigenvalue weighted by Gasteiger charge is -2.27. The van der Waals surface area contributed by atoms with Gasteiger partial charge in [0.1, 0.15) is 17.3 Å². The monoisotopic (exact) mass is 385 g/mol. The minimum Gasteiger partial charge on any atom is -0.507 e. The van der Waals surface area contributed by atoms with Crippen LogP contribution in [0, 0.1) is 0 Å². The minimum absolute atomic E-state index is 0.0248. The number of aromatic hydroxyl groups is 1. The SMILES string of the molecule is COc1ccc(C2(c3nc4ccccc4[nH]3)C(=O)N(C)c3ccccc32)c(O)c1. The number of ether oxygens (including phenoxy) is 1. The van der Waals surface area contributed by atoms with Crippen LogP contribution in [0.4, 0.5) is 5.69 Å². The number of phenolic OH excluding ortho intramolecular Hbond substituents is 1. The molecular formula is C23H19N3O3. The van der Waals surface area contributed by atoms with Crippen LogP contribution >= 0.6 is 0 Å². The number of likely N-dealkylation sites (N-methyl/N-ethyl adjacent to an activating group) is 1. The number of H-pyrrole nitrogens is 1. The van der Waals surface area contributed by atoms with E-state index in [-0.39, 0.29) is 11.7 Å². The molecule has 5 rings (SSSR count). The molecule has 4 aromatic rings. The summed E-state index contributed by atoms with van der Waals surface area (Å²) in [4.78, 5) is 23.5. The van der Waals surface area contributed by atoms with Crippen molar-refractivity contribution >= 4 is 22.6 Å². The Morgan fingerprint density at radius 3 is 2.55 bits per heavy atom. The lowest BCUT2D eigenvalue weighted by atomic mass is 9.74. The third kappa shape index (κ3) is 2.23. The molecule has 1 aliphatic rings. The molecule has 29 heavy (non-hydrogen) atoms. The highest BCUT2D eigenvalue weighted by atomic mass is 16.5. The van der Waals surface area contributed by atoms with Gasteiger partial charge in [-0.3, -0.25) is 4.79 Å². The average molecular weight is 385 g/mol. The Kier molecular flexibility index (Phi) is 3.64. The van der Waals surface area contributed by atoms with Gasteiger partial charge in [-0.1, -0.05) is 30.3 Å². The van der Waals surface area contributed by atoms with Crippen molar-refractivity contribution in [2.24, 2.45) is 0 Å². The van der Waals surface area contributed by atoms with E-state index >= 15 is 0 Å². The molecule has 6 heteroatoms. The number of hydrogen-bond donors (Lipinski definition) is 2. The summed E-state index contributed by atoms with van der Waals surface area (Å²) in [6, 6.07) is 20.2. The first kappa shape index (κ1) is 17.3. The average Bonchev–Trinajstić information content (AvgIpc) is 3.27. The van der Waals surface area contributed by atoms with E-state index in [2.05, 4.69) is 4.98 Å². The second kappa shape index (κ2) is 6.10. The van der Waals surface area contributed by atoms with Crippen molar-refractivity contribution in [3.8, 4) is 11.5 Å². The van der Waals surface area contributed by atoms with Crippen LogP contribution in [-0.4, -0.2) is 35.1 Å². The zero-order valence-electron chi connectivity index (χ0n) is 16.0. The molecule has 1 aliphatic heterocycles. The van der Waals surface area contributed by atoms with Gasteiger partial charge in [0.2, 0.25) is 5.91 Å². The van der Waals surface area contributed by atoms with E-state index in [1.54, 1.807) is 24.1 Å². The first-order chi connectivity index (χ1) is 14.1. The molecule has 0 bridgehead atoms. The number of para-hydroxylation sites is 3. The highest BCUT2D eigenvalue weighted by molar-refractivity contribution is 6.12. The third-order valence-corrected chi connectivity index (χ3v) is 5.65. The van der Waals surface area contributed by atoms with E-state index in [4.69, 9.17) is 9.72 Å². The summed E-state index contributed by atoms with van der Waals surface area (Å²) in [7, 11) is 3.28. The van der Waals surface area contributed by atoms with Crippen LogP contribution in [0.3, 0.4) is 0 Å². The number of rotatable bonds is 3. The van der Waals surface area contributed by atoms with Crippen molar-refractivity contribution in [2.75, 3.05) is 19.1 Å². The van der Waals surface area contributed by atoms with E-state index in [1.165, 1.54) is 13.2 Å². The van der Waals surface area contributed by atoms with E-state index in [0.717, 1.165) is 22.3 Å². The number of hydrogen-bond acceptors (Lipinski definition) is 4. The number of carbonyl (C=O) groups excluding carboxylic acids is 1. The molecule has 0 spiro atoms. The number of amides is 1. The van der Waals surface area contributed by atoms with Gasteiger partial charge < -0.3 is 19.7 Å². The topological polar surface area (TPSA) is 78.5 Å². The molecule has 1 amide bonds. The number of anilines is 1. The maximum absolute atomic E-state index is 13.8. The molecule has 0 saturated carbocycles. The first-order valence-electron chi connectivity index (χ1n) is 9.27. The van der Waals surface area contributed by atoms with E-state index in [9.17, 15) is 9.90 Å². The quantitative estimate of drug-likeness (QED) is 0.565. The van der Waals surface area contributed by atoms with Crippen LogP contribution in [0.5, 0.6) is 11.5 Å². The fourth-order valence-corrected chi connectivity index (χ4v) is 4.26. The Morgan fingerprint density at radius 1 is 1.03 bits per heavy atom. The zero-order valence-corrected chi connectivity index (χ0v) is 16.0. The van der Waals surface area contributed by atoms with Crippen molar-refractivity contribution in [3.63, 3.8) is 0 Å². The second-order valence-corrected chi connectivity index (χ2v) is 7.12. The second-order valence-electron chi connectivity index (χ2n) is 7.12. The summed E-state index contributed by atoms with van der Waals surface area (Å²) in [5, 5.41) is 10.9. The minimum atomic E-state index is -1.29. The predicted molar refractivity (Wildman–Crippen MR) is 110 cm³/mol. The van der Waals surface area contributed by atoms with Crippen molar-refractivity contribution in [1.29, 1.82) is 0 Å². The van der Waals surface area contributed by atoms with E-state index < -0.39 is 5.41 Å².